The van der Waals surface area contributed by atoms with Gasteiger partial charge in [0.05, 0.1) is 5.92 Å². The van der Waals surface area contributed by atoms with Gasteiger partial charge in [0.2, 0.25) is 15.9 Å². The van der Waals surface area contributed by atoms with E-state index in [1.807, 2.05) is 31.2 Å². The summed E-state index contributed by atoms with van der Waals surface area (Å²) in [6, 6.07) is 8.95. The highest BCUT2D eigenvalue weighted by Crippen LogP contribution is 2.26. The van der Waals surface area contributed by atoms with Crippen LogP contribution in [0.2, 0.25) is 0 Å². The molecule has 2 aliphatic heterocycles. The van der Waals surface area contributed by atoms with Gasteiger partial charge in [0.25, 0.3) is 5.91 Å². The Hall–Kier alpha value is -2.65. The quantitative estimate of drug-likeness (QED) is 0.697. The van der Waals surface area contributed by atoms with Gasteiger partial charge in [-0.25, -0.2) is 8.42 Å². The largest absolute Gasteiger partial charge is 0.356 e. The van der Waals surface area contributed by atoms with Crippen LogP contribution in [0, 0.1) is 18.8 Å². The zero-order valence-corrected chi connectivity index (χ0v) is 20.0. The van der Waals surface area contributed by atoms with Crippen LogP contribution < -0.4 is 5.32 Å². The maximum absolute atomic E-state index is 13.3. The van der Waals surface area contributed by atoms with Crippen molar-refractivity contribution in [3.05, 3.63) is 47.8 Å². The number of aromatic amines is 1. The summed E-state index contributed by atoms with van der Waals surface area (Å²) in [6.07, 6.45) is 4.53. The molecule has 0 unspecified atom stereocenters. The topological polar surface area (TPSA) is 103 Å². The number of nitrogens with one attached hydrogen (secondary N) is 2. The van der Waals surface area contributed by atoms with E-state index in [9.17, 15) is 18.0 Å². The van der Waals surface area contributed by atoms with Gasteiger partial charge in [0, 0.05) is 38.1 Å². The summed E-state index contributed by atoms with van der Waals surface area (Å²) >= 11 is 0. The van der Waals surface area contributed by atoms with Crippen LogP contribution in [0.4, 0.5) is 5.69 Å². The second kappa shape index (κ2) is 9.69. The Morgan fingerprint density at radius 3 is 2.58 bits per heavy atom. The predicted octanol–water partition coefficient (Wildman–Crippen LogP) is 3.23. The van der Waals surface area contributed by atoms with Gasteiger partial charge in [0.15, 0.2) is 0 Å². The number of carbonyl (C=O) groups excluding carboxylic acids is 2. The normalized spacial score (nSPS) is 20.5. The number of nitrogens with zero attached hydrogens (tertiary/aromatic N) is 2. The second-order valence-corrected chi connectivity index (χ2v) is 11.2. The number of aryl methyl sites for hydroxylation is 1. The van der Waals surface area contributed by atoms with Crippen LogP contribution in [0.15, 0.2) is 41.4 Å². The first kappa shape index (κ1) is 23.5. The molecular formula is C24H32N4O4S. The molecule has 2 amide bonds. The number of hydrogen-bond acceptors (Lipinski definition) is 4. The molecule has 2 saturated heterocycles. The standard InChI is InChI=1S/C24H32N4O4S/c1-17-8-11-27(12-9-17)24(30)22-14-21(15-25-22)33(31,32)28-10-4-6-19(16-28)23(29)26-20-7-3-5-18(2)13-20/h3,5,7,13-15,17,19,25H,4,6,8-12,16H2,1-2H3,(H,26,29)/t19-/m0/s1. The van der Waals surface area contributed by atoms with Gasteiger partial charge < -0.3 is 15.2 Å². The first-order valence-electron chi connectivity index (χ1n) is 11.6. The Morgan fingerprint density at radius 1 is 1.09 bits per heavy atom. The summed E-state index contributed by atoms with van der Waals surface area (Å²) in [7, 11) is -3.81. The molecular weight excluding hydrogens is 440 g/mol. The molecule has 0 saturated carbocycles. The molecule has 2 aromatic rings. The van der Waals surface area contributed by atoms with Crippen molar-refractivity contribution in [2.24, 2.45) is 11.8 Å². The van der Waals surface area contributed by atoms with Gasteiger partial charge in [-0.05, 0) is 62.3 Å². The van der Waals surface area contributed by atoms with Crippen LogP contribution in [-0.4, -0.2) is 60.6 Å². The number of piperidine rings is 2. The molecule has 0 aliphatic carbocycles. The van der Waals surface area contributed by atoms with Gasteiger partial charge in [-0.2, -0.15) is 4.31 Å². The van der Waals surface area contributed by atoms with Crippen molar-refractivity contribution in [3.8, 4) is 0 Å². The first-order valence-corrected chi connectivity index (χ1v) is 13.0. The number of hydrogen-bond donors (Lipinski definition) is 2. The molecule has 33 heavy (non-hydrogen) atoms. The number of rotatable bonds is 5. The molecule has 1 aromatic carbocycles. The van der Waals surface area contributed by atoms with Crippen molar-refractivity contribution >= 4 is 27.5 Å². The third-order valence-corrected chi connectivity index (χ3v) is 8.48. The summed E-state index contributed by atoms with van der Waals surface area (Å²) in [6.45, 7) is 5.98. The van der Waals surface area contributed by atoms with Gasteiger partial charge in [-0.3, -0.25) is 9.59 Å². The van der Waals surface area contributed by atoms with E-state index in [1.165, 1.54) is 16.6 Å². The summed E-state index contributed by atoms with van der Waals surface area (Å²) in [5.74, 6) is -0.171. The summed E-state index contributed by atoms with van der Waals surface area (Å²) in [5.41, 5.74) is 2.03. The minimum atomic E-state index is -3.81. The summed E-state index contributed by atoms with van der Waals surface area (Å²) in [5, 5.41) is 2.91. The fourth-order valence-corrected chi connectivity index (χ4v) is 6.04. The lowest BCUT2D eigenvalue weighted by molar-refractivity contribution is -0.120. The molecule has 0 radical (unpaired) electrons. The highest BCUT2D eigenvalue weighted by Gasteiger charge is 2.34. The van der Waals surface area contributed by atoms with E-state index < -0.39 is 15.9 Å². The van der Waals surface area contributed by atoms with Crippen molar-refractivity contribution in [1.82, 2.24) is 14.2 Å². The highest BCUT2D eigenvalue weighted by molar-refractivity contribution is 7.89. The number of carbonyl (C=O) groups is 2. The number of amides is 2. The molecule has 1 aromatic heterocycles. The third-order valence-electron chi connectivity index (χ3n) is 6.64. The Balaban J connectivity index is 1.43. The van der Waals surface area contributed by atoms with E-state index in [2.05, 4.69) is 17.2 Å². The van der Waals surface area contributed by atoms with Crippen LogP contribution >= 0.6 is 0 Å². The van der Waals surface area contributed by atoms with E-state index in [1.54, 1.807) is 4.90 Å². The van der Waals surface area contributed by atoms with Gasteiger partial charge >= 0.3 is 0 Å². The van der Waals surface area contributed by atoms with Crippen LogP contribution in [0.25, 0.3) is 0 Å². The Labute approximate surface area is 195 Å². The van der Waals surface area contributed by atoms with Crippen LogP contribution in [-0.2, 0) is 14.8 Å². The van der Waals surface area contributed by atoms with Crippen LogP contribution in [0.1, 0.15) is 48.7 Å². The zero-order valence-electron chi connectivity index (χ0n) is 19.2. The summed E-state index contributed by atoms with van der Waals surface area (Å²) in [4.78, 5) is 30.3. The number of aromatic nitrogens is 1. The number of H-pyrrole nitrogens is 1. The van der Waals surface area contributed by atoms with Crippen LogP contribution in [0.3, 0.4) is 0 Å². The Morgan fingerprint density at radius 2 is 1.85 bits per heavy atom. The van der Waals surface area contributed by atoms with E-state index in [0.717, 1.165) is 18.4 Å². The molecule has 0 bridgehead atoms. The molecule has 2 N–H and O–H groups in total. The van der Waals surface area contributed by atoms with Gasteiger partial charge in [-0.1, -0.05) is 19.1 Å². The highest BCUT2D eigenvalue weighted by atomic mass is 32.2. The molecule has 9 heteroatoms. The molecule has 4 rings (SSSR count). The monoisotopic (exact) mass is 472 g/mol. The van der Waals surface area contributed by atoms with E-state index in [4.69, 9.17) is 0 Å². The van der Waals surface area contributed by atoms with Crippen molar-refractivity contribution in [3.63, 3.8) is 0 Å². The molecule has 0 spiro atoms. The maximum atomic E-state index is 13.3. The minimum Gasteiger partial charge on any atom is -0.356 e. The molecule has 2 aliphatic rings. The van der Waals surface area contributed by atoms with Gasteiger partial charge in [-0.15, -0.1) is 0 Å². The van der Waals surface area contributed by atoms with Crippen molar-refractivity contribution in [1.29, 1.82) is 0 Å². The average molecular weight is 473 g/mol. The van der Waals surface area contributed by atoms with Crippen molar-refractivity contribution in [2.45, 2.75) is 44.4 Å². The Bertz CT molecular complexity index is 1120. The predicted molar refractivity (Wildman–Crippen MR) is 126 cm³/mol. The van der Waals surface area contributed by atoms with E-state index >= 15 is 0 Å². The summed E-state index contributed by atoms with van der Waals surface area (Å²) < 4.78 is 27.9. The fraction of sp³-hybridized carbons (Fsp3) is 0.500. The molecule has 3 heterocycles. The Kier molecular flexibility index (Phi) is 6.90. The number of benzene rings is 1. The number of anilines is 1. The second-order valence-electron chi connectivity index (χ2n) is 9.28. The molecule has 1 atom stereocenters. The SMILES string of the molecule is Cc1cccc(NC(=O)[C@H]2CCCN(S(=O)(=O)c3c[nH]c(C(=O)N4CCC(C)CC4)c3)C2)c1. The van der Waals surface area contributed by atoms with E-state index in [0.29, 0.717) is 44.1 Å². The minimum absolute atomic E-state index is 0.0657. The van der Waals surface area contributed by atoms with Gasteiger partial charge in [0.1, 0.15) is 10.6 Å². The smallest absolute Gasteiger partial charge is 0.270 e. The molecule has 2 fully saturated rings. The molecule has 8 nitrogen and oxygen atoms in total. The van der Waals surface area contributed by atoms with Crippen molar-refractivity contribution < 1.29 is 18.0 Å². The average Bonchev–Trinajstić information content (AvgIpc) is 3.30. The lowest BCUT2D eigenvalue weighted by Gasteiger charge is -2.31. The lowest BCUT2D eigenvalue weighted by atomic mass is 9.98. The van der Waals surface area contributed by atoms with Crippen LogP contribution in [0.5, 0.6) is 0 Å². The fourth-order valence-electron chi connectivity index (χ4n) is 4.52. The van der Waals surface area contributed by atoms with E-state index in [-0.39, 0.29) is 28.9 Å². The number of likely N-dealkylation sites (tertiary alicyclic amines) is 1. The first-order chi connectivity index (χ1) is 15.7. The third kappa shape index (κ3) is 5.30. The maximum Gasteiger partial charge on any atom is 0.270 e. The van der Waals surface area contributed by atoms with Crippen molar-refractivity contribution in [2.75, 3.05) is 31.5 Å². The number of sulfonamides is 1. The zero-order chi connectivity index (χ0) is 23.6. The lowest BCUT2D eigenvalue weighted by Crippen LogP contribution is -2.43. The molecule has 178 valence electrons.